The van der Waals surface area contributed by atoms with E-state index in [1.54, 1.807) is 0 Å². The maximum Gasteiger partial charge on any atom is 0.238 e. The van der Waals surface area contributed by atoms with E-state index >= 15 is 0 Å². The SMILES string of the molecule is Cc1cccc(C(C)C)c1NC(=O)CN1CCN(Cc2ccc(Cl)cc2)CC1. The first kappa shape index (κ1) is 20.8. The largest absolute Gasteiger partial charge is 0.324 e. The van der Waals surface area contributed by atoms with Gasteiger partial charge < -0.3 is 5.32 Å². The lowest BCUT2D eigenvalue weighted by atomic mass is 9.98. The Labute approximate surface area is 173 Å². The van der Waals surface area contributed by atoms with E-state index in [-0.39, 0.29) is 5.91 Å². The molecule has 1 saturated heterocycles. The van der Waals surface area contributed by atoms with Gasteiger partial charge in [-0.25, -0.2) is 0 Å². The van der Waals surface area contributed by atoms with Crippen LogP contribution in [0.5, 0.6) is 0 Å². The summed E-state index contributed by atoms with van der Waals surface area (Å²) in [5.41, 5.74) is 4.56. The van der Waals surface area contributed by atoms with Crippen LogP contribution in [0.1, 0.15) is 36.5 Å². The van der Waals surface area contributed by atoms with Gasteiger partial charge in [-0.2, -0.15) is 0 Å². The van der Waals surface area contributed by atoms with E-state index < -0.39 is 0 Å². The van der Waals surface area contributed by atoms with Gasteiger partial charge in [0.2, 0.25) is 5.91 Å². The number of carbonyl (C=O) groups excluding carboxylic acids is 1. The van der Waals surface area contributed by atoms with E-state index in [1.807, 2.05) is 12.1 Å². The average Bonchev–Trinajstić information content (AvgIpc) is 2.66. The molecule has 0 aromatic heterocycles. The lowest BCUT2D eigenvalue weighted by molar-refractivity contribution is -0.117. The summed E-state index contributed by atoms with van der Waals surface area (Å²) in [5.74, 6) is 0.453. The smallest absolute Gasteiger partial charge is 0.238 e. The maximum absolute atomic E-state index is 12.6. The summed E-state index contributed by atoms with van der Waals surface area (Å²) in [5, 5.41) is 3.93. The van der Waals surface area contributed by atoms with Crippen LogP contribution >= 0.6 is 11.6 Å². The first-order chi connectivity index (χ1) is 13.4. The van der Waals surface area contributed by atoms with Crippen LogP contribution in [0.4, 0.5) is 5.69 Å². The van der Waals surface area contributed by atoms with Crippen molar-refractivity contribution in [1.82, 2.24) is 9.80 Å². The van der Waals surface area contributed by atoms with E-state index in [0.29, 0.717) is 12.5 Å². The molecule has 2 aromatic carbocycles. The third-order valence-electron chi connectivity index (χ3n) is 5.34. The third-order valence-corrected chi connectivity index (χ3v) is 5.59. The molecule has 0 unspecified atom stereocenters. The number of piperazine rings is 1. The number of hydrogen-bond donors (Lipinski definition) is 1. The van der Waals surface area contributed by atoms with Gasteiger partial charge in [0.05, 0.1) is 6.54 Å². The van der Waals surface area contributed by atoms with E-state index in [4.69, 9.17) is 11.6 Å². The van der Waals surface area contributed by atoms with Gasteiger partial charge in [0.1, 0.15) is 0 Å². The van der Waals surface area contributed by atoms with Crippen molar-refractivity contribution in [3.63, 3.8) is 0 Å². The topological polar surface area (TPSA) is 35.6 Å². The highest BCUT2D eigenvalue weighted by Gasteiger charge is 2.20. The van der Waals surface area contributed by atoms with Crippen LogP contribution in [-0.2, 0) is 11.3 Å². The summed E-state index contributed by atoms with van der Waals surface area (Å²) < 4.78 is 0. The number of anilines is 1. The molecule has 150 valence electrons. The molecule has 1 amide bonds. The number of halogens is 1. The Bertz CT molecular complexity index is 796. The predicted molar refractivity (Wildman–Crippen MR) is 117 cm³/mol. The lowest BCUT2D eigenvalue weighted by Crippen LogP contribution is -2.48. The Hall–Kier alpha value is -1.88. The highest BCUT2D eigenvalue weighted by molar-refractivity contribution is 6.30. The van der Waals surface area contributed by atoms with Gasteiger partial charge in [0.15, 0.2) is 0 Å². The van der Waals surface area contributed by atoms with Crippen molar-refractivity contribution in [1.29, 1.82) is 0 Å². The molecule has 2 aromatic rings. The lowest BCUT2D eigenvalue weighted by Gasteiger charge is -2.34. The fourth-order valence-electron chi connectivity index (χ4n) is 3.68. The molecule has 0 saturated carbocycles. The fourth-order valence-corrected chi connectivity index (χ4v) is 3.80. The van der Waals surface area contributed by atoms with Crippen molar-refractivity contribution >= 4 is 23.2 Å². The van der Waals surface area contributed by atoms with Gasteiger partial charge in [0, 0.05) is 43.4 Å². The highest BCUT2D eigenvalue weighted by Crippen LogP contribution is 2.27. The molecule has 1 aliphatic heterocycles. The summed E-state index contributed by atoms with van der Waals surface area (Å²) in [7, 11) is 0. The molecule has 1 heterocycles. The molecule has 5 heteroatoms. The van der Waals surface area contributed by atoms with Gasteiger partial charge in [-0.3, -0.25) is 14.6 Å². The van der Waals surface area contributed by atoms with Crippen molar-refractivity contribution < 1.29 is 4.79 Å². The fraction of sp³-hybridized carbons (Fsp3) is 0.435. The van der Waals surface area contributed by atoms with Crippen LogP contribution in [0, 0.1) is 6.92 Å². The molecule has 0 aliphatic carbocycles. The number of amides is 1. The van der Waals surface area contributed by atoms with Gasteiger partial charge in [0.25, 0.3) is 0 Å². The Morgan fingerprint density at radius 1 is 1.04 bits per heavy atom. The predicted octanol–water partition coefficient (Wildman–Crippen LogP) is 4.53. The van der Waals surface area contributed by atoms with Crippen LogP contribution in [0.2, 0.25) is 5.02 Å². The van der Waals surface area contributed by atoms with E-state index in [2.05, 4.69) is 66.2 Å². The standard InChI is InChI=1S/C23H30ClN3O/c1-17(2)21-6-4-5-18(3)23(21)25-22(28)16-27-13-11-26(12-14-27)15-19-7-9-20(24)10-8-19/h4-10,17H,11-16H2,1-3H3,(H,25,28). The van der Waals surface area contributed by atoms with Gasteiger partial charge in [-0.05, 0) is 41.7 Å². The Balaban J connectivity index is 1.50. The third kappa shape index (κ3) is 5.57. The molecule has 0 spiro atoms. The quantitative estimate of drug-likeness (QED) is 0.775. The minimum absolute atomic E-state index is 0.0716. The Morgan fingerprint density at radius 3 is 2.32 bits per heavy atom. The van der Waals surface area contributed by atoms with Crippen LogP contribution < -0.4 is 5.32 Å². The van der Waals surface area contributed by atoms with Crippen LogP contribution in [0.25, 0.3) is 0 Å². The van der Waals surface area contributed by atoms with E-state index in [1.165, 1.54) is 11.1 Å². The number of carbonyl (C=O) groups is 1. The first-order valence-corrected chi connectivity index (χ1v) is 10.4. The molecule has 1 fully saturated rings. The molecule has 1 N–H and O–H groups in total. The van der Waals surface area contributed by atoms with Crippen LogP contribution in [-0.4, -0.2) is 48.4 Å². The monoisotopic (exact) mass is 399 g/mol. The number of nitrogens with one attached hydrogen (secondary N) is 1. The van der Waals surface area contributed by atoms with Crippen molar-refractivity contribution in [3.05, 3.63) is 64.2 Å². The van der Waals surface area contributed by atoms with Gasteiger partial charge in [-0.15, -0.1) is 0 Å². The zero-order valence-electron chi connectivity index (χ0n) is 17.0. The Morgan fingerprint density at radius 2 is 1.68 bits per heavy atom. The van der Waals surface area contributed by atoms with Gasteiger partial charge >= 0.3 is 0 Å². The number of rotatable bonds is 6. The summed E-state index contributed by atoms with van der Waals surface area (Å²) in [6.07, 6.45) is 0. The number of nitrogens with zero attached hydrogens (tertiary/aromatic N) is 2. The summed E-state index contributed by atoms with van der Waals surface area (Å²) >= 11 is 5.96. The highest BCUT2D eigenvalue weighted by atomic mass is 35.5. The summed E-state index contributed by atoms with van der Waals surface area (Å²) in [6.45, 7) is 11.5. The molecule has 28 heavy (non-hydrogen) atoms. The zero-order valence-corrected chi connectivity index (χ0v) is 17.8. The average molecular weight is 400 g/mol. The van der Waals surface area contributed by atoms with Crippen molar-refractivity contribution in [2.24, 2.45) is 0 Å². The normalized spacial score (nSPS) is 15.8. The summed E-state index contributed by atoms with van der Waals surface area (Å²) in [6, 6.07) is 14.2. The molecule has 1 aliphatic rings. The molecule has 0 bridgehead atoms. The molecule has 0 atom stereocenters. The molecular weight excluding hydrogens is 370 g/mol. The minimum atomic E-state index is 0.0716. The molecular formula is C23H30ClN3O. The molecule has 4 nitrogen and oxygen atoms in total. The van der Waals surface area contributed by atoms with Crippen molar-refractivity contribution in [2.75, 3.05) is 38.0 Å². The van der Waals surface area contributed by atoms with Crippen LogP contribution in [0.15, 0.2) is 42.5 Å². The van der Waals surface area contributed by atoms with Gasteiger partial charge in [-0.1, -0.05) is 55.8 Å². The van der Waals surface area contributed by atoms with E-state index in [9.17, 15) is 4.79 Å². The number of hydrogen-bond acceptors (Lipinski definition) is 3. The zero-order chi connectivity index (χ0) is 20.1. The number of benzene rings is 2. The second-order valence-electron chi connectivity index (χ2n) is 7.92. The maximum atomic E-state index is 12.6. The summed E-state index contributed by atoms with van der Waals surface area (Å²) in [4.78, 5) is 17.3. The minimum Gasteiger partial charge on any atom is -0.324 e. The Kier molecular flexibility index (Phi) is 7.11. The second-order valence-corrected chi connectivity index (χ2v) is 8.36. The molecule has 3 rings (SSSR count). The second kappa shape index (κ2) is 9.55. The molecule has 0 radical (unpaired) electrons. The van der Waals surface area contributed by atoms with E-state index in [0.717, 1.165) is 49.0 Å². The van der Waals surface area contributed by atoms with Crippen molar-refractivity contribution in [2.45, 2.75) is 33.2 Å². The first-order valence-electron chi connectivity index (χ1n) is 10.0. The number of aryl methyl sites for hydroxylation is 1. The number of para-hydroxylation sites is 1. The van der Waals surface area contributed by atoms with Crippen LogP contribution in [0.3, 0.4) is 0 Å². The van der Waals surface area contributed by atoms with Crippen molar-refractivity contribution in [3.8, 4) is 0 Å².